The third-order valence-corrected chi connectivity index (χ3v) is 5.10. The zero-order valence-electron chi connectivity index (χ0n) is 16.6. The molecule has 0 aromatic heterocycles. The van der Waals surface area contributed by atoms with Crippen molar-refractivity contribution in [2.45, 2.75) is 52.1 Å². The van der Waals surface area contributed by atoms with Crippen LogP contribution in [0.4, 0.5) is 0 Å². The number of aliphatic imine (C=N–C) groups is 1. The van der Waals surface area contributed by atoms with Crippen molar-refractivity contribution in [3.05, 3.63) is 41.1 Å². The van der Waals surface area contributed by atoms with Gasteiger partial charge in [-0.25, -0.2) is 0 Å². The van der Waals surface area contributed by atoms with Gasteiger partial charge in [0.25, 0.3) is 0 Å². The Balaban J connectivity index is 1.93. The average molecular weight is 385 g/mol. The number of hydrogen-bond donors (Lipinski definition) is 1. The summed E-state index contributed by atoms with van der Waals surface area (Å²) >= 11 is 0. The van der Waals surface area contributed by atoms with Crippen LogP contribution in [0.15, 0.2) is 40.5 Å². The maximum atomic E-state index is 12.9. The minimum atomic E-state index is -0.693. The second-order valence-corrected chi connectivity index (χ2v) is 7.53. The van der Waals surface area contributed by atoms with Crippen molar-refractivity contribution in [1.82, 2.24) is 0 Å². The molecule has 0 saturated carbocycles. The molecule has 0 saturated heterocycles. The van der Waals surface area contributed by atoms with Gasteiger partial charge in [-0.1, -0.05) is 12.1 Å². The Kier molecular flexibility index (Phi) is 6.29. The number of aromatic hydroxyl groups is 1. The van der Waals surface area contributed by atoms with Crippen molar-refractivity contribution in [2.75, 3.05) is 13.2 Å². The highest BCUT2D eigenvalue weighted by Crippen LogP contribution is 2.44. The third kappa shape index (κ3) is 4.33. The van der Waals surface area contributed by atoms with Crippen molar-refractivity contribution in [2.24, 2.45) is 10.9 Å². The van der Waals surface area contributed by atoms with Crippen LogP contribution < -0.4 is 0 Å². The number of Topliss-reactive ketones (excluding diaryl/α,β-unsaturated/α-hetero) is 1. The van der Waals surface area contributed by atoms with E-state index >= 15 is 0 Å². The minimum absolute atomic E-state index is 0.0202. The molecule has 0 amide bonds. The molecule has 0 fully saturated rings. The van der Waals surface area contributed by atoms with Crippen LogP contribution in [0.25, 0.3) is 0 Å². The number of rotatable bonds is 6. The second kappa shape index (κ2) is 8.69. The van der Waals surface area contributed by atoms with Gasteiger partial charge in [0.05, 0.1) is 12.7 Å². The number of ether oxygens (including phenoxy) is 2. The Morgan fingerprint density at radius 2 is 2.07 bits per heavy atom. The zero-order valence-corrected chi connectivity index (χ0v) is 16.6. The molecule has 1 N–H and O–H groups in total. The summed E-state index contributed by atoms with van der Waals surface area (Å²) in [6, 6.07) is 6.73. The van der Waals surface area contributed by atoms with E-state index in [1.54, 1.807) is 25.1 Å². The summed E-state index contributed by atoms with van der Waals surface area (Å²) in [6.07, 6.45) is 2.00. The van der Waals surface area contributed by atoms with Gasteiger partial charge in [-0.05, 0) is 51.3 Å². The van der Waals surface area contributed by atoms with E-state index in [9.17, 15) is 14.7 Å². The van der Waals surface area contributed by atoms with E-state index in [-0.39, 0.29) is 24.2 Å². The first-order valence-corrected chi connectivity index (χ1v) is 9.77. The van der Waals surface area contributed by atoms with Crippen LogP contribution in [0, 0.1) is 5.92 Å². The van der Waals surface area contributed by atoms with Crippen molar-refractivity contribution in [3.8, 4) is 5.75 Å². The average Bonchev–Trinajstić information content (AvgIpc) is 2.64. The summed E-state index contributed by atoms with van der Waals surface area (Å²) in [6.45, 7) is 6.10. The van der Waals surface area contributed by atoms with E-state index in [1.807, 2.05) is 19.9 Å². The summed E-state index contributed by atoms with van der Waals surface area (Å²) < 4.78 is 10.9. The van der Waals surface area contributed by atoms with Gasteiger partial charge in [0.15, 0.2) is 5.78 Å². The molecule has 1 unspecified atom stereocenters. The molecule has 1 aromatic rings. The highest BCUT2D eigenvalue weighted by Gasteiger charge is 2.43. The number of phenols is 1. The summed E-state index contributed by atoms with van der Waals surface area (Å²) in [5.41, 5.74) is 2.70. The molecule has 1 aliphatic carbocycles. The fraction of sp³-hybridized carbons (Fsp3) is 0.500. The molecule has 6 nitrogen and oxygen atoms in total. The first-order chi connectivity index (χ1) is 13.4. The van der Waals surface area contributed by atoms with Gasteiger partial charge in [-0.3, -0.25) is 14.6 Å². The minimum Gasteiger partial charge on any atom is -0.508 e. The molecular weight excluding hydrogens is 358 g/mol. The summed E-state index contributed by atoms with van der Waals surface area (Å²) in [5, 5.41) is 9.96. The van der Waals surface area contributed by atoms with Crippen LogP contribution in [-0.4, -0.2) is 41.9 Å². The largest absolute Gasteiger partial charge is 0.508 e. The fourth-order valence-electron chi connectivity index (χ4n) is 3.91. The highest BCUT2D eigenvalue weighted by molar-refractivity contribution is 6.08. The SMILES string of the molecule is CC1=NC2=C(C(=O)CCC2)[C@@H](c2cccc(O)c2)C1C(=O)OCCOC(C)C. The third-order valence-electron chi connectivity index (χ3n) is 5.10. The number of ketones is 1. The Morgan fingerprint density at radius 1 is 1.29 bits per heavy atom. The molecule has 150 valence electrons. The molecular formula is C22H27NO5. The van der Waals surface area contributed by atoms with Crippen molar-refractivity contribution in [1.29, 1.82) is 0 Å². The van der Waals surface area contributed by atoms with Gasteiger partial charge >= 0.3 is 5.97 Å². The van der Waals surface area contributed by atoms with Gasteiger partial charge < -0.3 is 14.6 Å². The molecule has 0 spiro atoms. The molecule has 3 rings (SSSR count). The van der Waals surface area contributed by atoms with E-state index in [2.05, 4.69) is 4.99 Å². The van der Waals surface area contributed by atoms with Gasteiger partial charge in [0, 0.05) is 29.3 Å². The lowest BCUT2D eigenvalue weighted by atomic mass is 9.72. The smallest absolute Gasteiger partial charge is 0.315 e. The van der Waals surface area contributed by atoms with Crippen LogP contribution >= 0.6 is 0 Å². The monoisotopic (exact) mass is 385 g/mol. The quantitative estimate of drug-likeness (QED) is 0.598. The Bertz CT molecular complexity index is 824. The maximum Gasteiger partial charge on any atom is 0.315 e. The standard InChI is InChI=1S/C22H27NO5/c1-13(2)27-10-11-28-22(26)19-14(3)23-17-8-5-9-18(25)21(17)20(19)15-6-4-7-16(24)12-15/h4,6-7,12-13,19-20,24H,5,8-11H2,1-3H3/t19?,20-/m0/s1. The predicted octanol–water partition coefficient (Wildman–Crippen LogP) is 3.54. The van der Waals surface area contributed by atoms with Crippen LogP contribution in [0.3, 0.4) is 0 Å². The zero-order chi connectivity index (χ0) is 20.3. The van der Waals surface area contributed by atoms with E-state index in [0.29, 0.717) is 24.3 Å². The Hall–Kier alpha value is -2.47. The topological polar surface area (TPSA) is 85.2 Å². The molecule has 1 aromatic carbocycles. The Labute approximate surface area is 165 Å². The molecule has 2 aliphatic rings. The number of nitrogens with zero attached hydrogens (tertiary/aromatic N) is 1. The second-order valence-electron chi connectivity index (χ2n) is 7.53. The van der Waals surface area contributed by atoms with Gasteiger partial charge in [0.2, 0.25) is 0 Å². The number of esters is 1. The van der Waals surface area contributed by atoms with Crippen LogP contribution in [0.5, 0.6) is 5.75 Å². The summed E-state index contributed by atoms with van der Waals surface area (Å²) in [4.78, 5) is 30.3. The number of hydrogen-bond acceptors (Lipinski definition) is 6. The van der Waals surface area contributed by atoms with Crippen LogP contribution in [0.1, 0.15) is 51.5 Å². The van der Waals surface area contributed by atoms with E-state index in [0.717, 1.165) is 24.1 Å². The number of carbonyl (C=O) groups is 2. The van der Waals surface area contributed by atoms with Crippen molar-refractivity contribution >= 4 is 17.5 Å². The van der Waals surface area contributed by atoms with Crippen LogP contribution in [-0.2, 0) is 19.1 Å². The molecule has 2 atom stereocenters. The molecule has 6 heteroatoms. The van der Waals surface area contributed by atoms with E-state index in [4.69, 9.17) is 9.47 Å². The highest BCUT2D eigenvalue weighted by atomic mass is 16.6. The maximum absolute atomic E-state index is 12.9. The summed E-state index contributed by atoms with van der Waals surface area (Å²) in [5.74, 6) is -1.49. The molecule has 0 bridgehead atoms. The van der Waals surface area contributed by atoms with E-state index in [1.165, 1.54) is 0 Å². The van der Waals surface area contributed by atoms with E-state index < -0.39 is 17.8 Å². The summed E-state index contributed by atoms with van der Waals surface area (Å²) in [7, 11) is 0. The lowest BCUT2D eigenvalue weighted by Gasteiger charge is -2.34. The van der Waals surface area contributed by atoms with Gasteiger partial charge in [0.1, 0.15) is 18.3 Å². The first kappa shape index (κ1) is 20.3. The molecule has 1 aliphatic heterocycles. The molecule has 0 radical (unpaired) electrons. The lowest BCUT2D eigenvalue weighted by molar-refractivity contribution is -0.148. The van der Waals surface area contributed by atoms with Crippen LogP contribution in [0.2, 0.25) is 0 Å². The molecule has 1 heterocycles. The molecule has 28 heavy (non-hydrogen) atoms. The number of allylic oxidation sites excluding steroid dienone is 2. The lowest BCUT2D eigenvalue weighted by Crippen LogP contribution is -2.37. The first-order valence-electron chi connectivity index (χ1n) is 9.77. The van der Waals surface area contributed by atoms with Crippen molar-refractivity contribution < 1.29 is 24.2 Å². The van der Waals surface area contributed by atoms with Gasteiger partial charge in [-0.15, -0.1) is 0 Å². The Morgan fingerprint density at radius 3 is 2.79 bits per heavy atom. The van der Waals surface area contributed by atoms with Gasteiger partial charge in [-0.2, -0.15) is 0 Å². The van der Waals surface area contributed by atoms with Crippen molar-refractivity contribution in [3.63, 3.8) is 0 Å². The number of benzene rings is 1. The number of phenolic OH excluding ortho intramolecular Hbond substituents is 1. The fourth-order valence-corrected chi connectivity index (χ4v) is 3.91. The normalized spacial score (nSPS) is 22.1. The number of carbonyl (C=O) groups excluding carboxylic acids is 2. The predicted molar refractivity (Wildman–Crippen MR) is 105 cm³/mol.